The van der Waals surface area contributed by atoms with E-state index in [1.807, 2.05) is 37.3 Å². The first-order valence-corrected chi connectivity index (χ1v) is 11.0. The van der Waals surface area contributed by atoms with Gasteiger partial charge in [0, 0.05) is 32.3 Å². The molecule has 0 saturated carbocycles. The van der Waals surface area contributed by atoms with E-state index in [-0.39, 0.29) is 18.4 Å². The van der Waals surface area contributed by atoms with Gasteiger partial charge in [-0.05, 0) is 44.5 Å². The topological polar surface area (TPSA) is 59.8 Å². The van der Waals surface area contributed by atoms with Crippen LogP contribution in [0, 0.1) is 18.6 Å². The molecule has 3 rings (SSSR count). The molecule has 0 aliphatic rings. The second kappa shape index (κ2) is 11.4. The smallest absolute Gasteiger partial charge is 0.227 e. The zero-order valence-electron chi connectivity index (χ0n) is 19.5. The van der Waals surface area contributed by atoms with Gasteiger partial charge >= 0.3 is 0 Å². The van der Waals surface area contributed by atoms with Crippen LogP contribution in [0.1, 0.15) is 31.5 Å². The summed E-state index contributed by atoms with van der Waals surface area (Å²) in [4.78, 5) is 2.12. The fraction of sp³-hybridized carbons (Fsp3) is 0.400. The molecule has 0 spiro atoms. The van der Waals surface area contributed by atoms with Crippen molar-refractivity contribution >= 4 is 0 Å². The van der Waals surface area contributed by atoms with Crippen LogP contribution in [0.25, 0.3) is 5.69 Å². The van der Waals surface area contributed by atoms with Crippen LogP contribution < -0.4 is 4.74 Å². The Morgan fingerprint density at radius 2 is 1.88 bits per heavy atom. The monoisotopic (exact) mass is 459 g/mol. The quantitative estimate of drug-likeness (QED) is 0.444. The summed E-state index contributed by atoms with van der Waals surface area (Å²) >= 11 is 0. The van der Waals surface area contributed by atoms with Crippen LogP contribution in [0.3, 0.4) is 0 Å². The maximum Gasteiger partial charge on any atom is 0.227 e. The number of aryl methyl sites for hydroxylation is 1. The van der Waals surface area contributed by atoms with Crippen LogP contribution in [-0.4, -0.2) is 52.2 Å². The van der Waals surface area contributed by atoms with Gasteiger partial charge in [-0.15, -0.1) is 0 Å². The molecule has 0 aliphatic carbocycles. The fourth-order valence-corrected chi connectivity index (χ4v) is 3.61. The van der Waals surface area contributed by atoms with Crippen LogP contribution in [0.15, 0.2) is 48.5 Å². The molecule has 2 atom stereocenters. The Bertz CT molecular complexity index is 1040. The predicted molar refractivity (Wildman–Crippen MR) is 123 cm³/mol. The van der Waals surface area contributed by atoms with Crippen LogP contribution in [0.5, 0.6) is 11.6 Å². The molecule has 1 aromatic heterocycles. The van der Waals surface area contributed by atoms with Gasteiger partial charge < -0.3 is 14.6 Å². The minimum atomic E-state index is -0.797. The fourth-order valence-electron chi connectivity index (χ4n) is 3.61. The Hall–Kier alpha value is -2.81. The highest BCUT2D eigenvalue weighted by molar-refractivity contribution is 5.43. The average Bonchev–Trinajstić information content (AvgIpc) is 3.10. The standard InChI is InChI=1S/C25H31F2N3O3/c1-5-17(2)29(14-21(31)16-32-4)15-22-18(3)28-30(20-9-7-6-8-10-20)25(22)33-24-12-11-19(26)13-23(24)27/h6-13,17,21,31H,5,14-16H2,1-4H3/t17-,21+/m0/s1. The predicted octanol–water partition coefficient (Wildman–Crippen LogP) is 4.86. The van der Waals surface area contributed by atoms with E-state index in [1.165, 1.54) is 6.07 Å². The molecule has 2 aromatic carbocycles. The van der Waals surface area contributed by atoms with E-state index in [9.17, 15) is 13.9 Å². The molecule has 1 N–H and O–H groups in total. The summed E-state index contributed by atoms with van der Waals surface area (Å²) < 4.78 is 40.6. The third kappa shape index (κ3) is 6.16. The highest BCUT2D eigenvalue weighted by Gasteiger charge is 2.25. The lowest BCUT2D eigenvalue weighted by atomic mass is 10.1. The summed E-state index contributed by atoms with van der Waals surface area (Å²) in [6.45, 7) is 7.06. The normalized spacial score (nSPS) is 13.3. The number of benzene rings is 2. The molecular weight excluding hydrogens is 428 g/mol. The van der Waals surface area contributed by atoms with E-state index in [0.717, 1.165) is 29.8 Å². The third-order valence-electron chi connectivity index (χ3n) is 5.62. The van der Waals surface area contributed by atoms with Crippen molar-refractivity contribution in [1.82, 2.24) is 14.7 Å². The summed E-state index contributed by atoms with van der Waals surface area (Å²) in [7, 11) is 1.55. The molecule has 0 bridgehead atoms. The van der Waals surface area contributed by atoms with Gasteiger partial charge in [-0.3, -0.25) is 4.90 Å². The van der Waals surface area contributed by atoms with Crippen molar-refractivity contribution in [2.45, 2.75) is 45.9 Å². The Morgan fingerprint density at radius 3 is 2.52 bits per heavy atom. The SMILES string of the molecule is CC[C@H](C)N(Cc1c(C)nn(-c2ccccc2)c1Oc1ccc(F)cc1F)C[C@@H](O)COC. The van der Waals surface area contributed by atoms with Crippen molar-refractivity contribution in [2.24, 2.45) is 0 Å². The molecule has 0 fully saturated rings. The van der Waals surface area contributed by atoms with Gasteiger partial charge in [0.15, 0.2) is 11.6 Å². The summed E-state index contributed by atoms with van der Waals surface area (Å²) in [5.41, 5.74) is 2.22. The molecule has 0 radical (unpaired) electrons. The molecule has 0 amide bonds. The van der Waals surface area contributed by atoms with Crippen LogP contribution in [0.4, 0.5) is 8.78 Å². The summed E-state index contributed by atoms with van der Waals surface area (Å²) in [5, 5.41) is 15.0. The van der Waals surface area contributed by atoms with Gasteiger partial charge in [0.1, 0.15) is 5.82 Å². The zero-order valence-corrected chi connectivity index (χ0v) is 19.5. The second-order valence-electron chi connectivity index (χ2n) is 8.09. The number of aromatic nitrogens is 2. The van der Waals surface area contributed by atoms with Crippen LogP contribution in [-0.2, 0) is 11.3 Å². The Balaban J connectivity index is 2.04. The van der Waals surface area contributed by atoms with Crippen LogP contribution in [0.2, 0.25) is 0 Å². The lowest BCUT2D eigenvalue weighted by Crippen LogP contribution is -2.40. The number of para-hydroxylation sites is 1. The zero-order chi connectivity index (χ0) is 24.0. The lowest BCUT2D eigenvalue weighted by molar-refractivity contribution is 0.0252. The largest absolute Gasteiger partial charge is 0.435 e. The first-order valence-electron chi connectivity index (χ1n) is 11.0. The van der Waals surface area contributed by atoms with E-state index in [2.05, 4.69) is 23.8 Å². The third-order valence-corrected chi connectivity index (χ3v) is 5.62. The number of aliphatic hydroxyl groups excluding tert-OH is 1. The highest BCUT2D eigenvalue weighted by atomic mass is 19.1. The van der Waals surface area contributed by atoms with Gasteiger partial charge in [-0.25, -0.2) is 13.5 Å². The average molecular weight is 460 g/mol. The summed E-state index contributed by atoms with van der Waals surface area (Å²) in [5.74, 6) is -1.22. The van der Waals surface area contributed by atoms with Crippen molar-refractivity contribution < 1.29 is 23.4 Å². The number of aliphatic hydroxyl groups is 1. The first-order chi connectivity index (χ1) is 15.8. The molecule has 0 unspecified atom stereocenters. The van der Waals surface area contributed by atoms with Gasteiger partial charge in [-0.2, -0.15) is 5.10 Å². The minimum Gasteiger partial charge on any atom is -0.435 e. The number of rotatable bonds is 11. The van der Waals surface area contributed by atoms with Crippen molar-refractivity contribution in [1.29, 1.82) is 0 Å². The van der Waals surface area contributed by atoms with E-state index in [4.69, 9.17) is 9.47 Å². The Kier molecular flexibility index (Phi) is 8.55. The maximum absolute atomic E-state index is 14.5. The first kappa shape index (κ1) is 24.8. The van der Waals surface area contributed by atoms with Crippen molar-refractivity contribution in [3.63, 3.8) is 0 Å². The molecular formula is C25H31F2N3O3. The van der Waals surface area contributed by atoms with E-state index < -0.39 is 17.7 Å². The number of halogens is 2. The van der Waals surface area contributed by atoms with E-state index >= 15 is 0 Å². The second-order valence-corrected chi connectivity index (χ2v) is 8.09. The van der Waals surface area contributed by atoms with E-state index in [0.29, 0.717) is 24.7 Å². The highest BCUT2D eigenvalue weighted by Crippen LogP contribution is 2.33. The Labute approximate surface area is 193 Å². The number of hydrogen-bond donors (Lipinski definition) is 1. The van der Waals surface area contributed by atoms with Crippen molar-refractivity contribution in [2.75, 3.05) is 20.3 Å². The van der Waals surface area contributed by atoms with Gasteiger partial charge in [0.05, 0.1) is 29.7 Å². The molecule has 178 valence electrons. The number of hydrogen-bond acceptors (Lipinski definition) is 5. The van der Waals surface area contributed by atoms with Gasteiger partial charge in [-0.1, -0.05) is 25.1 Å². The van der Waals surface area contributed by atoms with Crippen LogP contribution >= 0.6 is 0 Å². The van der Waals surface area contributed by atoms with Crippen molar-refractivity contribution in [3.05, 3.63) is 71.4 Å². The van der Waals surface area contributed by atoms with Gasteiger partial charge in [0.2, 0.25) is 5.88 Å². The molecule has 33 heavy (non-hydrogen) atoms. The number of nitrogens with zero attached hydrogens (tertiary/aromatic N) is 3. The number of methoxy groups -OCH3 is 1. The number of ether oxygens (including phenoxy) is 2. The maximum atomic E-state index is 14.5. The minimum absolute atomic E-state index is 0.0933. The molecule has 3 aromatic rings. The van der Waals surface area contributed by atoms with Crippen molar-refractivity contribution in [3.8, 4) is 17.3 Å². The Morgan fingerprint density at radius 1 is 1.15 bits per heavy atom. The molecule has 6 nitrogen and oxygen atoms in total. The summed E-state index contributed by atoms with van der Waals surface area (Å²) in [6, 6.07) is 12.8. The van der Waals surface area contributed by atoms with E-state index in [1.54, 1.807) is 11.8 Å². The molecule has 0 aliphatic heterocycles. The molecule has 8 heteroatoms. The summed E-state index contributed by atoms with van der Waals surface area (Å²) in [6.07, 6.45) is 0.210. The molecule has 1 heterocycles. The van der Waals surface area contributed by atoms with Gasteiger partial charge in [0.25, 0.3) is 0 Å². The lowest BCUT2D eigenvalue weighted by Gasteiger charge is -2.30. The molecule has 0 saturated heterocycles.